The highest BCUT2D eigenvalue weighted by Gasteiger charge is 2.10. The van der Waals surface area contributed by atoms with Gasteiger partial charge in [0.25, 0.3) is 0 Å². The van der Waals surface area contributed by atoms with Crippen LogP contribution >= 0.6 is 11.3 Å². The van der Waals surface area contributed by atoms with Crippen molar-refractivity contribution in [3.63, 3.8) is 0 Å². The zero-order chi connectivity index (χ0) is 11.5. The van der Waals surface area contributed by atoms with Gasteiger partial charge < -0.3 is 5.11 Å². The number of hydrogen-bond donors (Lipinski definition) is 2. The average molecular weight is 238 g/mol. The number of anilines is 1. The number of hydrogen-bond acceptors (Lipinski definition) is 3. The van der Waals surface area contributed by atoms with Crippen LogP contribution in [0.4, 0.5) is 14.9 Å². The summed E-state index contributed by atoms with van der Waals surface area (Å²) in [5, 5.41) is 13.2. The lowest BCUT2D eigenvalue weighted by Crippen LogP contribution is -2.08. The van der Waals surface area contributed by atoms with Gasteiger partial charge in [-0.2, -0.15) is 0 Å². The second-order valence-electron chi connectivity index (χ2n) is 2.96. The SMILES string of the molecule is O=C(O)Nc1ccc(F)cc1-c1nccs1. The molecule has 0 aliphatic heterocycles. The maximum atomic E-state index is 13.1. The number of aromatic nitrogens is 1. The average Bonchev–Trinajstić information content (AvgIpc) is 2.73. The Morgan fingerprint density at radius 2 is 2.31 bits per heavy atom. The normalized spacial score (nSPS) is 10.1. The molecule has 0 atom stereocenters. The molecule has 1 amide bonds. The van der Waals surface area contributed by atoms with E-state index in [9.17, 15) is 9.18 Å². The summed E-state index contributed by atoms with van der Waals surface area (Å²) in [6.07, 6.45) is 0.388. The Morgan fingerprint density at radius 3 is 2.94 bits per heavy atom. The molecule has 82 valence electrons. The zero-order valence-corrected chi connectivity index (χ0v) is 8.79. The summed E-state index contributed by atoms with van der Waals surface area (Å²) in [6.45, 7) is 0. The van der Waals surface area contributed by atoms with Crippen LogP contribution in [0.25, 0.3) is 10.6 Å². The van der Waals surface area contributed by atoms with Crippen LogP contribution in [0, 0.1) is 5.82 Å². The third kappa shape index (κ3) is 2.17. The molecule has 1 aromatic carbocycles. The number of rotatable bonds is 2. The first kappa shape index (κ1) is 10.6. The second-order valence-corrected chi connectivity index (χ2v) is 3.85. The molecule has 0 bridgehead atoms. The van der Waals surface area contributed by atoms with Gasteiger partial charge in [0.1, 0.15) is 10.8 Å². The number of nitrogens with zero attached hydrogens (tertiary/aromatic N) is 1. The van der Waals surface area contributed by atoms with E-state index in [0.29, 0.717) is 16.3 Å². The number of thiazole rings is 1. The molecule has 2 N–H and O–H groups in total. The summed E-state index contributed by atoms with van der Waals surface area (Å²) in [7, 11) is 0. The summed E-state index contributed by atoms with van der Waals surface area (Å²) < 4.78 is 13.1. The molecule has 0 unspecified atom stereocenters. The van der Waals surface area contributed by atoms with Gasteiger partial charge in [-0.15, -0.1) is 11.3 Å². The molecule has 16 heavy (non-hydrogen) atoms. The predicted molar refractivity (Wildman–Crippen MR) is 59.2 cm³/mol. The standard InChI is InChI=1S/C10H7FN2O2S/c11-6-1-2-8(13-10(14)15)7(5-6)9-12-3-4-16-9/h1-5,13H,(H,14,15). The fourth-order valence-corrected chi connectivity index (χ4v) is 1.94. The van der Waals surface area contributed by atoms with Crippen molar-refractivity contribution in [3.05, 3.63) is 35.6 Å². The predicted octanol–water partition coefficient (Wildman–Crippen LogP) is 3.04. The summed E-state index contributed by atoms with van der Waals surface area (Å²) in [4.78, 5) is 14.6. The molecule has 0 radical (unpaired) electrons. The Labute approximate surface area is 94.4 Å². The van der Waals surface area contributed by atoms with Crippen molar-refractivity contribution >= 4 is 23.1 Å². The molecule has 4 nitrogen and oxygen atoms in total. The Bertz CT molecular complexity index is 514. The molecule has 0 fully saturated rings. The first-order valence-electron chi connectivity index (χ1n) is 4.36. The molecule has 1 heterocycles. The third-order valence-electron chi connectivity index (χ3n) is 1.89. The lowest BCUT2D eigenvalue weighted by molar-refractivity contribution is 0.210. The second kappa shape index (κ2) is 4.28. The van der Waals surface area contributed by atoms with E-state index in [-0.39, 0.29) is 0 Å². The quantitative estimate of drug-likeness (QED) is 0.845. The smallest absolute Gasteiger partial charge is 0.409 e. The molecule has 2 aromatic rings. The molecule has 0 aliphatic rings. The van der Waals surface area contributed by atoms with Gasteiger partial charge in [0, 0.05) is 17.1 Å². The molecule has 0 saturated carbocycles. The number of benzene rings is 1. The number of carbonyl (C=O) groups is 1. The Balaban J connectivity index is 2.48. The molecular formula is C10H7FN2O2S. The monoisotopic (exact) mass is 238 g/mol. The highest BCUT2D eigenvalue weighted by molar-refractivity contribution is 7.13. The Morgan fingerprint density at radius 1 is 1.50 bits per heavy atom. The minimum absolute atomic E-state index is 0.323. The van der Waals surface area contributed by atoms with Crippen LogP contribution in [0.3, 0.4) is 0 Å². The Hall–Kier alpha value is -1.95. The first-order chi connectivity index (χ1) is 7.66. The van der Waals surface area contributed by atoms with Crippen LogP contribution in [0.15, 0.2) is 29.8 Å². The van der Waals surface area contributed by atoms with E-state index in [1.165, 1.54) is 29.5 Å². The summed E-state index contributed by atoms with van der Waals surface area (Å²) >= 11 is 1.32. The van der Waals surface area contributed by atoms with E-state index in [2.05, 4.69) is 10.3 Å². The summed E-state index contributed by atoms with van der Waals surface area (Å²) in [5.74, 6) is -0.430. The van der Waals surface area contributed by atoms with Crippen molar-refractivity contribution in [2.24, 2.45) is 0 Å². The van der Waals surface area contributed by atoms with Crippen molar-refractivity contribution in [2.75, 3.05) is 5.32 Å². The van der Waals surface area contributed by atoms with Crippen molar-refractivity contribution in [1.29, 1.82) is 0 Å². The number of carboxylic acid groups (broad SMARTS) is 1. The number of amides is 1. The van der Waals surface area contributed by atoms with Gasteiger partial charge in [-0.25, -0.2) is 14.2 Å². The highest BCUT2D eigenvalue weighted by Crippen LogP contribution is 2.30. The molecule has 6 heteroatoms. The van der Waals surface area contributed by atoms with E-state index in [1.54, 1.807) is 11.6 Å². The van der Waals surface area contributed by atoms with Gasteiger partial charge in [-0.05, 0) is 18.2 Å². The minimum atomic E-state index is -1.19. The van der Waals surface area contributed by atoms with Crippen LogP contribution in [-0.2, 0) is 0 Å². The minimum Gasteiger partial charge on any atom is -0.465 e. The van der Waals surface area contributed by atoms with E-state index in [0.717, 1.165) is 0 Å². The topological polar surface area (TPSA) is 62.2 Å². The maximum absolute atomic E-state index is 13.1. The van der Waals surface area contributed by atoms with Gasteiger partial charge in [-0.3, -0.25) is 5.32 Å². The van der Waals surface area contributed by atoms with Crippen LogP contribution in [0.1, 0.15) is 0 Å². The Kier molecular flexibility index (Phi) is 2.82. The number of nitrogens with one attached hydrogen (secondary N) is 1. The summed E-state index contributed by atoms with van der Waals surface area (Å²) in [5.41, 5.74) is 0.765. The fraction of sp³-hybridized carbons (Fsp3) is 0. The van der Waals surface area contributed by atoms with Gasteiger partial charge in [0.15, 0.2) is 0 Å². The highest BCUT2D eigenvalue weighted by atomic mass is 32.1. The molecule has 0 spiro atoms. The molecule has 1 aromatic heterocycles. The third-order valence-corrected chi connectivity index (χ3v) is 2.69. The molecular weight excluding hydrogens is 231 g/mol. The van der Waals surface area contributed by atoms with E-state index in [1.807, 2.05) is 0 Å². The lowest BCUT2D eigenvalue weighted by Gasteiger charge is -2.06. The molecule has 0 saturated heterocycles. The van der Waals surface area contributed by atoms with Crippen LogP contribution < -0.4 is 5.32 Å². The van der Waals surface area contributed by atoms with Crippen LogP contribution in [0.2, 0.25) is 0 Å². The van der Waals surface area contributed by atoms with E-state index in [4.69, 9.17) is 5.11 Å². The number of halogens is 1. The van der Waals surface area contributed by atoms with E-state index < -0.39 is 11.9 Å². The van der Waals surface area contributed by atoms with Crippen molar-refractivity contribution in [3.8, 4) is 10.6 Å². The summed E-state index contributed by atoms with van der Waals surface area (Å²) in [6, 6.07) is 3.83. The van der Waals surface area contributed by atoms with Crippen molar-refractivity contribution in [1.82, 2.24) is 4.98 Å². The van der Waals surface area contributed by atoms with Crippen molar-refractivity contribution < 1.29 is 14.3 Å². The largest absolute Gasteiger partial charge is 0.465 e. The first-order valence-corrected chi connectivity index (χ1v) is 5.24. The maximum Gasteiger partial charge on any atom is 0.409 e. The zero-order valence-electron chi connectivity index (χ0n) is 7.98. The molecule has 0 aliphatic carbocycles. The lowest BCUT2D eigenvalue weighted by atomic mass is 10.2. The van der Waals surface area contributed by atoms with Crippen LogP contribution in [-0.4, -0.2) is 16.2 Å². The van der Waals surface area contributed by atoms with Crippen molar-refractivity contribution in [2.45, 2.75) is 0 Å². The van der Waals surface area contributed by atoms with Crippen LogP contribution in [0.5, 0.6) is 0 Å². The van der Waals surface area contributed by atoms with Gasteiger partial charge >= 0.3 is 6.09 Å². The van der Waals surface area contributed by atoms with E-state index >= 15 is 0 Å². The fourth-order valence-electron chi connectivity index (χ4n) is 1.27. The van der Waals surface area contributed by atoms with Gasteiger partial charge in [-0.1, -0.05) is 0 Å². The van der Waals surface area contributed by atoms with Gasteiger partial charge in [0.2, 0.25) is 0 Å². The molecule has 2 rings (SSSR count). The van der Waals surface area contributed by atoms with Gasteiger partial charge in [0.05, 0.1) is 5.69 Å².